The first-order valence-electron chi connectivity index (χ1n) is 8.63. The highest BCUT2D eigenvalue weighted by molar-refractivity contribution is 5.87. The van der Waals surface area contributed by atoms with Crippen LogP contribution in [0.5, 0.6) is 0 Å². The molecule has 25 heavy (non-hydrogen) atoms. The molecule has 9 heteroatoms. The average Bonchev–Trinajstić information content (AvgIpc) is 3.23. The van der Waals surface area contributed by atoms with E-state index in [1.807, 2.05) is 0 Å². The van der Waals surface area contributed by atoms with Gasteiger partial charge in [0.25, 0.3) is 5.92 Å². The van der Waals surface area contributed by atoms with Crippen molar-refractivity contribution in [2.75, 3.05) is 32.8 Å². The van der Waals surface area contributed by atoms with Gasteiger partial charge in [-0.3, -0.25) is 9.69 Å². The minimum Gasteiger partial charge on any atom is -0.378 e. The molecule has 0 spiro atoms. The van der Waals surface area contributed by atoms with E-state index in [4.69, 9.17) is 9.26 Å². The van der Waals surface area contributed by atoms with Crippen LogP contribution in [0.1, 0.15) is 37.5 Å². The molecule has 1 saturated carbocycles. The summed E-state index contributed by atoms with van der Waals surface area (Å²) in [5.74, 6) is -2.31. The molecule has 138 valence electrons. The first-order valence-corrected chi connectivity index (χ1v) is 8.63. The largest absolute Gasteiger partial charge is 0.378 e. The molecular weight excluding hydrogens is 334 g/mol. The summed E-state index contributed by atoms with van der Waals surface area (Å²) in [5.41, 5.74) is -1.47. The number of amides is 1. The second-order valence-corrected chi connectivity index (χ2v) is 7.34. The Bertz CT molecular complexity index is 665. The number of aromatic nitrogens is 2. The van der Waals surface area contributed by atoms with Crippen LogP contribution in [0.15, 0.2) is 4.52 Å². The number of ether oxygens (including phenoxy) is 1. The number of likely N-dealkylation sites (tertiary alicyclic amines) is 1. The summed E-state index contributed by atoms with van der Waals surface area (Å²) in [7, 11) is 0. The number of halogens is 2. The summed E-state index contributed by atoms with van der Waals surface area (Å²) in [6.45, 7) is 5.25. The number of alkyl halides is 2. The van der Waals surface area contributed by atoms with Gasteiger partial charge in [-0.15, -0.1) is 0 Å². The zero-order valence-electron chi connectivity index (χ0n) is 14.4. The molecule has 2 aliphatic heterocycles. The molecule has 1 aliphatic carbocycles. The van der Waals surface area contributed by atoms with Crippen molar-refractivity contribution in [2.24, 2.45) is 5.41 Å². The maximum atomic E-state index is 13.8. The minimum atomic E-state index is -2.96. The summed E-state index contributed by atoms with van der Waals surface area (Å²) in [6, 6.07) is -0.0500. The topological polar surface area (TPSA) is 71.7 Å². The van der Waals surface area contributed by atoms with Crippen LogP contribution in [-0.2, 0) is 9.53 Å². The van der Waals surface area contributed by atoms with Gasteiger partial charge in [0.1, 0.15) is 11.5 Å². The standard InChI is InChI=1S/C16H22F2N4O3/c1-10-19-13(25-20-10)12-9-24-6-5-22(12)11-7-21(8-11)14(23)16(3-4-16)15(2,17)18/h11-12H,3-9H2,1-2H3. The van der Waals surface area contributed by atoms with Gasteiger partial charge in [0.2, 0.25) is 11.8 Å². The molecule has 0 aromatic carbocycles. The van der Waals surface area contributed by atoms with Crippen molar-refractivity contribution in [3.63, 3.8) is 0 Å². The van der Waals surface area contributed by atoms with Crippen molar-refractivity contribution in [1.29, 1.82) is 0 Å². The lowest BCUT2D eigenvalue weighted by atomic mass is 9.94. The molecule has 3 heterocycles. The predicted molar refractivity (Wildman–Crippen MR) is 82.0 cm³/mol. The Kier molecular flexibility index (Phi) is 3.84. The highest BCUT2D eigenvalue weighted by atomic mass is 19.3. The summed E-state index contributed by atoms with van der Waals surface area (Å²) in [5, 5.41) is 3.82. The van der Waals surface area contributed by atoms with Gasteiger partial charge < -0.3 is 14.2 Å². The van der Waals surface area contributed by atoms with E-state index < -0.39 is 17.2 Å². The Labute approximate surface area is 144 Å². The van der Waals surface area contributed by atoms with Crippen LogP contribution in [0.25, 0.3) is 0 Å². The molecule has 0 bridgehead atoms. The Balaban J connectivity index is 1.42. The van der Waals surface area contributed by atoms with Crippen LogP contribution in [0.3, 0.4) is 0 Å². The third-order valence-corrected chi connectivity index (χ3v) is 5.62. The SMILES string of the molecule is Cc1noc(C2COCCN2C2CN(C(=O)C3(C(C)(F)F)CC3)C2)n1. The normalized spacial score (nSPS) is 27.2. The molecule has 0 radical (unpaired) electrons. The molecule has 3 fully saturated rings. The second kappa shape index (κ2) is 5.70. The van der Waals surface area contributed by atoms with Gasteiger partial charge in [-0.2, -0.15) is 4.98 Å². The van der Waals surface area contributed by atoms with Gasteiger partial charge in [0, 0.05) is 32.6 Å². The van der Waals surface area contributed by atoms with Gasteiger partial charge in [-0.25, -0.2) is 8.78 Å². The Morgan fingerprint density at radius 1 is 1.36 bits per heavy atom. The number of hydrogen-bond donors (Lipinski definition) is 0. The van der Waals surface area contributed by atoms with E-state index in [0.29, 0.717) is 44.6 Å². The number of aryl methyl sites for hydroxylation is 1. The van der Waals surface area contributed by atoms with E-state index in [1.165, 1.54) is 0 Å². The van der Waals surface area contributed by atoms with Crippen molar-refractivity contribution in [1.82, 2.24) is 19.9 Å². The molecule has 0 N–H and O–H groups in total. The lowest BCUT2D eigenvalue weighted by molar-refractivity contribution is -0.163. The lowest BCUT2D eigenvalue weighted by Gasteiger charge is -2.49. The molecule has 1 unspecified atom stereocenters. The van der Waals surface area contributed by atoms with E-state index in [-0.39, 0.29) is 24.9 Å². The second-order valence-electron chi connectivity index (χ2n) is 7.34. The van der Waals surface area contributed by atoms with Gasteiger partial charge in [0.05, 0.1) is 13.2 Å². The Hall–Kier alpha value is -1.61. The summed E-state index contributed by atoms with van der Waals surface area (Å²) in [6.07, 6.45) is 0.551. The fourth-order valence-corrected chi connectivity index (χ4v) is 3.81. The van der Waals surface area contributed by atoms with Crippen LogP contribution >= 0.6 is 0 Å². The molecule has 1 aromatic heterocycles. The van der Waals surface area contributed by atoms with Crippen molar-refractivity contribution in [3.8, 4) is 0 Å². The summed E-state index contributed by atoms with van der Waals surface area (Å²) >= 11 is 0. The van der Waals surface area contributed by atoms with Crippen molar-refractivity contribution < 1.29 is 22.8 Å². The van der Waals surface area contributed by atoms with Crippen molar-refractivity contribution >= 4 is 5.91 Å². The Morgan fingerprint density at radius 3 is 2.64 bits per heavy atom. The number of carbonyl (C=O) groups excluding carboxylic acids is 1. The lowest BCUT2D eigenvalue weighted by Crippen LogP contribution is -2.65. The molecule has 4 rings (SSSR count). The van der Waals surface area contributed by atoms with Crippen molar-refractivity contribution in [3.05, 3.63) is 11.7 Å². The van der Waals surface area contributed by atoms with E-state index >= 15 is 0 Å². The fraction of sp³-hybridized carbons (Fsp3) is 0.812. The van der Waals surface area contributed by atoms with Crippen LogP contribution < -0.4 is 0 Å². The highest BCUT2D eigenvalue weighted by Gasteiger charge is 2.66. The van der Waals surface area contributed by atoms with Gasteiger partial charge >= 0.3 is 0 Å². The van der Waals surface area contributed by atoms with Gasteiger partial charge in [-0.05, 0) is 19.8 Å². The zero-order valence-corrected chi connectivity index (χ0v) is 14.4. The number of hydrogen-bond acceptors (Lipinski definition) is 6. The molecule has 3 aliphatic rings. The van der Waals surface area contributed by atoms with Crippen LogP contribution in [-0.4, -0.2) is 70.7 Å². The maximum Gasteiger partial charge on any atom is 0.259 e. The predicted octanol–water partition coefficient (Wildman–Crippen LogP) is 1.40. The molecular formula is C16H22F2N4O3. The third kappa shape index (κ3) is 2.73. The van der Waals surface area contributed by atoms with E-state index in [2.05, 4.69) is 15.0 Å². The first kappa shape index (κ1) is 16.8. The van der Waals surface area contributed by atoms with E-state index in [1.54, 1.807) is 11.8 Å². The highest BCUT2D eigenvalue weighted by Crippen LogP contribution is 2.58. The molecule has 1 aromatic rings. The van der Waals surface area contributed by atoms with Gasteiger partial charge in [-0.1, -0.05) is 5.16 Å². The number of nitrogens with zero attached hydrogens (tertiary/aromatic N) is 4. The minimum absolute atomic E-state index is 0.103. The van der Waals surface area contributed by atoms with Gasteiger partial charge in [0.15, 0.2) is 5.82 Å². The maximum absolute atomic E-state index is 13.8. The average molecular weight is 356 g/mol. The summed E-state index contributed by atoms with van der Waals surface area (Å²) in [4.78, 5) is 20.5. The Morgan fingerprint density at radius 2 is 2.08 bits per heavy atom. The monoisotopic (exact) mass is 356 g/mol. The molecule has 7 nitrogen and oxygen atoms in total. The quantitative estimate of drug-likeness (QED) is 0.812. The third-order valence-electron chi connectivity index (χ3n) is 5.62. The molecule has 1 atom stereocenters. The fourth-order valence-electron chi connectivity index (χ4n) is 3.81. The number of carbonyl (C=O) groups is 1. The smallest absolute Gasteiger partial charge is 0.259 e. The van der Waals surface area contributed by atoms with E-state index in [9.17, 15) is 13.6 Å². The van der Waals surface area contributed by atoms with Crippen molar-refractivity contribution in [2.45, 2.75) is 44.7 Å². The van der Waals surface area contributed by atoms with E-state index in [0.717, 1.165) is 6.92 Å². The summed E-state index contributed by atoms with van der Waals surface area (Å²) < 4.78 is 38.3. The first-order chi connectivity index (χ1) is 11.8. The molecule has 2 saturated heterocycles. The van der Waals surface area contributed by atoms with Crippen LogP contribution in [0.4, 0.5) is 8.78 Å². The molecule has 1 amide bonds. The number of morpholine rings is 1. The van der Waals surface area contributed by atoms with Crippen LogP contribution in [0, 0.1) is 12.3 Å². The van der Waals surface area contributed by atoms with Crippen LogP contribution in [0.2, 0.25) is 0 Å². The zero-order chi connectivity index (χ0) is 17.8. The number of rotatable bonds is 4.